The molecule has 0 spiro atoms. The SMILES string of the molecule is CCCCCCCCCC1=C(N)O[NH2+]N1C.[Cl-]. The minimum atomic E-state index is 0. The molecule has 0 aliphatic carbocycles. The molecule has 0 unspecified atom stereocenters. The number of allylic oxidation sites excluding steroid dienone is 1. The summed E-state index contributed by atoms with van der Waals surface area (Å²) in [5.74, 6) is 0.577. The second-order valence-electron chi connectivity index (χ2n) is 4.52. The van der Waals surface area contributed by atoms with Crippen molar-refractivity contribution in [1.82, 2.24) is 5.01 Å². The summed E-state index contributed by atoms with van der Waals surface area (Å²) in [6.45, 7) is 2.25. The first-order chi connectivity index (χ1) is 7.75. The first kappa shape index (κ1) is 16.4. The minimum absolute atomic E-state index is 0. The van der Waals surface area contributed by atoms with Gasteiger partial charge in [-0.15, -0.1) is 0 Å². The Morgan fingerprint density at radius 3 is 2.24 bits per heavy atom. The van der Waals surface area contributed by atoms with Gasteiger partial charge in [0.15, 0.2) is 0 Å². The van der Waals surface area contributed by atoms with Gasteiger partial charge in [-0.3, -0.25) is 4.84 Å². The Kier molecular flexibility index (Phi) is 9.09. The lowest BCUT2D eigenvalue weighted by Gasteiger charge is -2.08. The van der Waals surface area contributed by atoms with Crippen molar-refractivity contribution in [2.45, 2.75) is 58.3 Å². The maximum Gasteiger partial charge on any atom is 0.281 e. The topological polar surface area (TPSA) is 55.1 Å². The number of hydrogen-bond donors (Lipinski definition) is 2. The number of rotatable bonds is 8. The van der Waals surface area contributed by atoms with Gasteiger partial charge in [-0.25, -0.2) is 0 Å². The molecular weight excluding hydrogens is 238 g/mol. The molecule has 4 nitrogen and oxygen atoms in total. The summed E-state index contributed by atoms with van der Waals surface area (Å²) in [7, 11) is 1.98. The second kappa shape index (κ2) is 9.42. The Bertz CT molecular complexity index is 234. The molecule has 17 heavy (non-hydrogen) atoms. The van der Waals surface area contributed by atoms with Crippen LogP contribution in [0.3, 0.4) is 0 Å². The third-order valence-corrected chi connectivity index (χ3v) is 3.07. The van der Waals surface area contributed by atoms with Crippen molar-refractivity contribution in [3.63, 3.8) is 0 Å². The van der Waals surface area contributed by atoms with Crippen LogP contribution >= 0.6 is 0 Å². The number of quaternary nitrogens is 1. The molecule has 102 valence electrons. The summed E-state index contributed by atoms with van der Waals surface area (Å²) < 4.78 is 0. The summed E-state index contributed by atoms with van der Waals surface area (Å²) >= 11 is 0. The van der Waals surface area contributed by atoms with Crippen molar-refractivity contribution in [2.75, 3.05) is 7.05 Å². The van der Waals surface area contributed by atoms with Crippen molar-refractivity contribution < 1.29 is 22.8 Å². The molecule has 0 aromatic heterocycles. The van der Waals surface area contributed by atoms with Crippen molar-refractivity contribution in [1.29, 1.82) is 0 Å². The Morgan fingerprint density at radius 2 is 1.71 bits per heavy atom. The molecule has 0 fully saturated rings. The molecule has 0 saturated heterocycles. The van der Waals surface area contributed by atoms with Gasteiger partial charge in [0.2, 0.25) is 0 Å². The van der Waals surface area contributed by atoms with E-state index in [1.54, 1.807) is 5.59 Å². The molecule has 0 saturated carbocycles. The van der Waals surface area contributed by atoms with E-state index >= 15 is 0 Å². The molecule has 4 N–H and O–H groups in total. The molecule has 0 radical (unpaired) electrons. The van der Waals surface area contributed by atoms with E-state index in [1.807, 2.05) is 12.1 Å². The Labute approximate surface area is 111 Å². The molecule has 0 aromatic rings. The van der Waals surface area contributed by atoms with E-state index in [0.29, 0.717) is 5.88 Å². The zero-order valence-corrected chi connectivity index (χ0v) is 11.8. The maximum absolute atomic E-state index is 5.73. The number of halogens is 1. The van der Waals surface area contributed by atoms with E-state index in [-0.39, 0.29) is 12.4 Å². The van der Waals surface area contributed by atoms with Gasteiger partial charge in [-0.05, 0) is 12.8 Å². The molecule has 0 aromatic carbocycles. The first-order valence-corrected chi connectivity index (χ1v) is 6.47. The van der Waals surface area contributed by atoms with E-state index < -0.39 is 0 Å². The molecule has 0 amide bonds. The molecule has 5 heteroatoms. The van der Waals surface area contributed by atoms with Crippen molar-refractivity contribution >= 4 is 0 Å². The molecule has 1 aliphatic rings. The summed E-state index contributed by atoms with van der Waals surface area (Å²) in [4.78, 5) is 5.15. The van der Waals surface area contributed by atoms with E-state index in [9.17, 15) is 0 Å². The Hall–Kier alpha value is -0.610. The van der Waals surface area contributed by atoms with Crippen LogP contribution in [0.4, 0.5) is 0 Å². The average Bonchev–Trinajstić information content (AvgIpc) is 2.59. The van der Waals surface area contributed by atoms with Crippen LogP contribution in [0.5, 0.6) is 0 Å². The lowest BCUT2D eigenvalue weighted by Crippen LogP contribution is -3.00. The molecule has 0 bridgehead atoms. The molecule has 0 atom stereocenters. The predicted molar refractivity (Wildman–Crippen MR) is 64.6 cm³/mol. The van der Waals surface area contributed by atoms with Crippen LogP contribution in [0.2, 0.25) is 0 Å². The normalized spacial score (nSPS) is 14.8. The van der Waals surface area contributed by atoms with E-state index in [1.165, 1.54) is 44.9 Å². The van der Waals surface area contributed by atoms with Crippen LogP contribution in [-0.4, -0.2) is 12.1 Å². The van der Waals surface area contributed by atoms with Crippen LogP contribution in [0.15, 0.2) is 11.6 Å². The molecule has 1 heterocycles. The number of nitrogens with zero attached hydrogens (tertiary/aromatic N) is 1. The smallest absolute Gasteiger partial charge is 0.281 e. The molecule has 1 aliphatic heterocycles. The quantitative estimate of drug-likeness (QED) is 0.419. The Balaban J connectivity index is 0.00000256. The Morgan fingerprint density at radius 1 is 1.12 bits per heavy atom. The van der Waals surface area contributed by atoms with E-state index in [0.717, 1.165) is 12.1 Å². The van der Waals surface area contributed by atoms with Gasteiger partial charge >= 0.3 is 0 Å². The first-order valence-electron chi connectivity index (χ1n) is 6.47. The zero-order chi connectivity index (χ0) is 11.8. The highest BCUT2D eigenvalue weighted by molar-refractivity contribution is 5.02. The number of hydrogen-bond acceptors (Lipinski definition) is 3. The van der Waals surface area contributed by atoms with Crippen molar-refractivity contribution in [2.24, 2.45) is 5.73 Å². The summed E-state index contributed by atoms with van der Waals surface area (Å²) in [5.41, 5.74) is 8.54. The van der Waals surface area contributed by atoms with Crippen LogP contribution in [0.25, 0.3) is 0 Å². The predicted octanol–water partition coefficient (Wildman–Crippen LogP) is -1.39. The van der Waals surface area contributed by atoms with E-state index in [2.05, 4.69) is 6.92 Å². The fraction of sp³-hybridized carbons (Fsp3) is 0.833. The van der Waals surface area contributed by atoms with Gasteiger partial charge in [0.25, 0.3) is 5.88 Å². The fourth-order valence-electron chi connectivity index (χ4n) is 1.99. The summed E-state index contributed by atoms with van der Waals surface area (Å²) in [6.07, 6.45) is 10.4. The highest BCUT2D eigenvalue weighted by Gasteiger charge is 2.21. The third-order valence-electron chi connectivity index (χ3n) is 3.07. The van der Waals surface area contributed by atoms with Gasteiger partial charge in [0.05, 0.1) is 7.05 Å². The van der Waals surface area contributed by atoms with Crippen molar-refractivity contribution in [3.8, 4) is 0 Å². The standard InChI is InChI=1S/C12H25N3O.ClH/c1-3-4-5-6-7-8-9-10-11-12(13)16-14-15(11)2;/h14H,3-10,13H2,1-2H3;1H. The lowest BCUT2D eigenvalue weighted by molar-refractivity contribution is -0.969. The van der Waals surface area contributed by atoms with E-state index in [4.69, 9.17) is 10.6 Å². The van der Waals surface area contributed by atoms with Gasteiger partial charge in [-0.1, -0.05) is 51.0 Å². The molecular formula is C12H26ClN3O. The van der Waals surface area contributed by atoms with Gasteiger partial charge < -0.3 is 18.1 Å². The van der Waals surface area contributed by atoms with Gasteiger partial charge in [0, 0.05) is 0 Å². The van der Waals surface area contributed by atoms with Gasteiger partial charge in [-0.2, -0.15) is 5.01 Å². The molecule has 1 rings (SSSR count). The zero-order valence-electron chi connectivity index (χ0n) is 11.0. The second-order valence-corrected chi connectivity index (χ2v) is 4.52. The minimum Gasteiger partial charge on any atom is -1.00 e. The summed E-state index contributed by atoms with van der Waals surface area (Å²) in [6, 6.07) is 0. The van der Waals surface area contributed by atoms with Crippen LogP contribution in [0.1, 0.15) is 58.3 Å². The highest BCUT2D eigenvalue weighted by atomic mass is 35.5. The number of unbranched alkanes of at least 4 members (excludes halogenated alkanes) is 6. The summed E-state index contributed by atoms with van der Waals surface area (Å²) in [5, 5.41) is 1.98. The van der Waals surface area contributed by atoms with Gasteiger partial charge in [0.1, 0.15) is 5.70 Å². The van der Waals surface area contributed by atoms with Crippen molar-refractivity contribution in [3.05, 3.63) is 11.6 Å². The highest BCUT2D eigenvalue weighted by Crippen LogP contribution is 2.15. The monoisotopic (exact) mass is 263 g/mol. The maximum atomic E-state index is 5.73. The van der Waals surface area contributed by atoms with Crippen LogP contribution in [-0.2, 0) is 4.84 Å². The fourth-order valence-corrected chi connectivity index (χ4v) is 1.99. The lowest BCUT2D eigenvalue weighted by atomic mass is 10.1. The van der Waals surface area contributed by atoms with Crippen LogP contribution < -0.4 is 23.7 Å². The largest absolute Gasteiger partial charge is 1.00 e. The number of nitrogens with two attached hydrogens (primary N) is 2. The third kappa shape index (κ3) is 6.03. The average molecular weight is 264 g/mol. The van der Waals surface area contributed by atoms with Crippen LogP contribution in [0, 0.1) is 0 Å².